The summed E-state index contributed by atoms with van der Waals surface area (Å²) in [6, 6.07) is 0.760. The van der Waals surface area contributed by atoms with Gasteiger partial charge in [-0.25, -0.2) is 4.79 Å². The highest BCUT2D eigenvalue weighted by atomic mass is 16.6. The Balaban J connectivity index is 1.61. The van der Waals surface area contributed by atoms with Gasteiger partial charge in [0.05, 0.1) is 13.2 Å². The topological polar surface area (TPSA) is 102 Å². The summed E-state index contributed by atoms with van der Waals surface area (Å²) >= 11 is 0. The van der Waals surface area contributed by atoms with E-state index in [2.05, 4.69) is 4.90 Å². The maximum atomic E-state index is 12.4. The second-order valence-corrected chi connectivity index (χ2v) is 8.14. The molecule has 3 fully saturated rings. The maximum Gasteiger partial charge on any atom is 0.410 e. The van der Waals surface area contributed by atoms with Crippen LogP contribution in [0, 0.1) is 15.5 Å². The lowest BCUT2D eigenvalue weighted by Crippen LogP contribution is -2.56. The van der Waals surface area contributed by atoms with Crippen molar-refractivity contribution in [2.24, 2.45) is 5.41 Å². The second-order valence-electron chi connectivity index (χ2n) is 8.14. The minimum Gasteiger partial charge on any atom is -0.465 e. The average Bonchev–Trinajstić information content (AvgIpc) is 2.92. The van der Waals surface area contributed by atoms with E-state index in [-0.39, 0.29) is 31.3 Å². The summed E-state index contributed by atoms with van der Waals surface area (Å²) in [5, 5.41) is 11.1. The Kier molecular flexibility index (Phi) is 6.42. The van der Waals surface area contributed by atoms with Crippen molar-refractivity contribution < 1.29 is 24.0 Å². The van der Waals surface area contributed by atoms with Crippen molar-refractivity contribution in [3.8, 4) is 0 Å². The number of carbonyl (C=O) groups excluding carboxylic acids is 2. The van der Waals surface area contributed by atoms with Crippen molar-refractivity contribution >= 4 is 12.1 Å². The van der Waals surface area contributed by atoms with Crippen LogP contribution in [0.5, 0.6) is 0 Å². The monoisotopic (exact) mass is 397 g/mol. The van der Waals surface area contributed by atoms with Gasteiger partial charge in [-0.2, -0.15) is 0 Å². The normalized spacial score (nSPS) is 29.4. The smallest absolute Gasteiger partial charge is 0.410 e. The van der Waals surface area contributed by atoms with E-state index in [9.17, 15) is 19.7 Å². The van der Waals surface area contributed by atoms with Gasteiger partial charge in [-0.1, -0.05) is 0 Å². The zero-order valence-electron chi connectivity index (χ0n) is 16.8. The highest BCUT2D eigenvalue weighted by Crippen LogP contribution is 2.41. The quantitative estimate of drug-likeness (QED) is 0.384. The fraction of sp³-hybridized carbons (Fsp3) is 0.895. The number of ether oxygens (including phenoxy) is 2. The molecule has 0 aliphatic carbocycles. The number of amides is 1. The Bertz CT molecular complexity index is 590. The number of hydrogen-bond acceptors (Lipinski definition) is 7. The molecule has 28 heavy (non-hydrogen) atoms. The van der Waals surface area contributed by atoms with Crippen molar-refractivity contribution in [2.75, 3.05) is 32.8 Å². The van der Waals surface area contributed by atoms with Gasteiger partial charge in [-0.05, 0) is 65.5 Å². The predicted octanol–water partition coefficient (Wildman–Crippen LogP) is 2.06. The number of piperidine rings is 2. The highest BCUT2D eigenvalue weighted by molar-refractivity contribution is 5.77. The maximum absolute atomic E-state index is 12.4. The summed E-state index contributed by atoms with van der Waals surface area (Å²) in [5.41, 5.74) is -1.01. The van der Waals surface area contributed by atoms with E-state index in [1.165, 1.54) is 0 Å². The summed E-state index contributed by atoms with van der Waals surface area (Å²) in [4.78, 5) is 39.7. The predicted molar refractivity (Wildman–Crippen MR) is 100 cm³/mol. The molecule has 0 aromatic carbocycles. The third-order valence-electron chi connectivity index (χ3n) is 6.60. The number of esters is 1. The van der Waals surface area contributed by atoms with Crippen LogP contribution in [0.2, 0.25) is 0 Å². The first kappa shape index (κ1) is 20.8. The molecule has 2 bridgehead atoms. The molecule has 1 amide bonds. The van der Waals surface area contributed by atoms with Crippen LogP contribution >= 0.6 is 0 Å². The molecule has 3 rings (SSSR count). The van der Waals surface area contributed by atoms with Crippen LogP contribution in [0.3, 0.4) is 0 Å². The minimum atomic E-state index is -1.01. The van der Waals surface area contributed by atoms with Crippen LogP contribution in [0.25, 0.3) is 0 Å². The number of carbonyl (C=O) groups is 2. The molecule has 158 valence electrons. The van der Waals surface area contributed by atoms with Crippen molar-refractivity contribution in [3.05, 3.63) is 10.1 Å². The molecule has 3 aliphatic heterocycles. The van der Waals surface area contributed by atoms with Gasteiger partial charge in [-0.15, -0.1) is 0 Å². The summed E-state index contributed by atoms with van der Waals surface area (Å²) < 4.78 is 10.4. The molecule has 0 saturated carbocycles. The Hall–Kier alpha value is -1.90. The first-order valence-electron chi connectivity index (χ1n) is 10.4. The first-order chi connectivity index (χ1) is 13.4. The van der Waals surface area contributed by atoms with Crippen molar-refractivity contribution in [1.82, 2.24) is 9.80 Å². The van der Waals surface area contributed by atoms with Gasteiger partial charge in [0.2, 0.25) is 6.54 Å². The van der Waals surface area contributed by atoms with Crippen LogP contribution in [0.4, 0.5) is 4.79 Å². The number of nitro groups is 1. The largest absolute Gasteiger partial charge is 0.465 e. The molecule has 0 N–H and O–H groups in total. The minimum absolute atomic E-state index is 0.207. The first-order valence-corrected chi connectivity index (χ1v) is 10.4. The van der Waals surface area contributed by atoms with Gasteiger partial charge in [-0.3, -0.25) is 14.9 Å². The van der Waals surface area contributed by atoms with Gasteiger partial charge in [0.25, 0.3) is 0 Å². The third kappa shape index (κ3) is 4.09. The van der Waals surface area contributed by atoms with Gasteiger partial charge in [0.15, 0.2) is 0 Å². The van der Waals surface area contributed by atoms with Crippen molar-refractivity contribution in [3.63, 3.8) is 0 Å². The third-order valence-corrected chi connectivity index (χ3v) is 6.60. The molecular formula is C19H31N3O6. The average molecular weight is 397 g/mol. The lowest BCUT2D eigenvalue weighted by Gasteiger charge is -2.46. The number of likely N-dealkylation sites (tertiary alicyclic amines) is 1. The standard InChI is InChI=1S/C19H31N3O6/c1-3-27-17(23)19(13-21(25)26)7-9-20(10-8-19)16-11-14-5-6-15(12-16)22(14)18(24)28-4-2/h14-16H,3-13H2,1-2H3. The molecule has 2 atom stereocenters. The molecule has 0 radical (unpaired) electrons. The fourth-order valence-corrected chi connectivity index (χ4v) is 5.22. The van der Waals surface area contributed by atoms with E-state index in [0.717, 1.165) is 25.7 Å². The highest BCUT2D eigenvalue weighted by Gasteiger charge is 2.50. The van der Waals surface area contributed by atoms with Crippen LogP contribution < -0.4 is 0 Å². The molecule has 3 saturated heterocycles. The molecular weight excluding hydrogens is 366 g/mol. The summed E-state index contributed by atoms with van der Waals surface area (Å²) in [5.74, 6) is -0.441. The van der Waals surface area contributed by atoms with E-state index >= 15 is 0 Å². The molecule has 9 nitrogen and oxygen atoms in total. The van der Waals surface area contributed by atoms with Gasteiger partial charge >= 0.3 is 12.1 Å². The Morgan fingerprint density at radius 3 is 2.11 bits per heavy atom. The SMILES string of the molecule is CCOC(=O)N1C2CCC1CC(N1CCC(C[N+](=O)[O-])(C(=O)OCC)CC1)C2. The lowest BCUT2D eigenvalue weighted by molar-refractivity contribution is -0.496. The second kappa shape index (κ2) is 8.63. The van der Waals surface area contributed by atoms with E-state index in [1.54, 1.807) is 6.92 Å². The molecule has 0 spiro atoms. The fourth-order valence-electron chi connectivity index (χ4n) is 5.22. The van der Waals surface area contributed by atoms with Crippen molar-refractivity contribution in [2.45, 2.75) is 70.5 Å². The number of nitrogens with zero attached hydrogens (tertiary/aromatic N) is 3. The van der Waals surface area contributed by atoms with Gasteiger partial charge in [0, 0.05) is 23.0 Å². The Morgan fingerprint density at radius 2 is 1.61 bits per heavy atom. The summed E-state index contributed by atoms with van der Waals surface area (Å²) in [7, 11) is 0. The molecule has 3 heterocycles. The van der Waals surface area contributed by atoms with Crippen LogP contribution in [-0.2, 0) is 14.3 Å². The Morgan fingerprint density at radius 1 is 1.04 bits per heavy atom. The number of rotatable bonds is 6. The molecule has 9 heteroatoms. The summed E-state index contributed by atoms with van der Waals surface area (Å²) in [6.45, 7) is 5.09. The molecule has 0 aromatic rings. The summed E-state index contributed by atoms with van der Waals surface area (Å²) in [6.07, 6.45) is 4.48. The number of hydrogen-bond donors (Lipinski definition) is 0. The van der Waals surface area contributed by atoms with Gasteiger partial charge < -0.3 is 19.3 Å². The zero-order chi connectivity index (χ0) is 20.3. The van der Waals surface area contributed by atoms with Crippen LogP contribution in [-0.4, -0.2) is 77.8 Å². The van der Waals surface area contributed by atoms with E-state index in [4.69, 9.17) is 9.47 Å². The van der Waals surface area contributed by atoms with Crippen LogP contribution in [0.1, 0.15) is 52.4 Å². The number of fused-ring (bicyclic) bond motifs is 2. The Labute approximate surface area is 165 Å². The van der Waals surface area contributed by atoms with Crippen molar-refractivity contribution in [1.29, 1.82) is 0 Å². The van der Waals surface area contributed by atoms with E-state index in [1.807, 2.05) is 11.8 Å². The molecule has 2 unspecified atom stereocenters. The molecule has 3 aliphatic rings. The van der Waals surface area contributed by atoms with Gasteiger partial charge in [0.1, 0.15) is 5.41 Å². The van der Waals surface area contributed by atoms with E-state index in [0.29, 0.717) is 38.6 Å². The molecule has 0 aromatic heterocycles. The van der Waals surface area contributed by atoms with E-state index < -0.39 is 16.3 Å². The lowest BCUT2D eigenvalue weighted by atomic mass is 9.77. The zero-order valence-corrected chi connectivity index (χ0v) is 16.8. The van der Waals surface area contributed by atoms with Crippen LogP contribution in [0.15, 0.2) is 0 Å².